The predicted octanol–water partition coefficient (Wildman–Crippen LogP) is 1.34. The minimum atomic E-state index is 0.136. The number of aryl methyl sites for hydroxylation is 1. The van der Waals surface area contributed by atoms with Gasteiger partial charge >= 0.3 is 0 Å². The molecule has 0 saturated heterocycles. The summed E-state index contributed by atoms with van der Waals surface area (Å²) in [5, 5.41) is 9.16. The van der Waals surface area contributed by atoms with Crippen molar-refractivity contribution >= 4 is 0 Å². The Morgan fingerprint density at radius 3 is 3.09 bits per heavy atom. The van der Waals surface area contributed by atoms with E-state index in [0.717, 1.165) is 18.4 Å². The van der Waals surface area contributed by atoms with Crippen molar-refractivity contribution in [3.63, 3.8) is 0 Å². The molecule has 0 unspecified atom stereocenters. The molecule has 3 N–H and O–H groups in total. The lowest BCUT2D eigenvalue weighted by molar-refractivity contribution is 0.474. The van der Waals surface area contributed by atoms with Gasteiger partial charge in [0.1, 0.15) is 5.75 Å². The molecule has 0 aromatic heterocycles. The van der Waals surface area contributed by atoms with Crippen molar-refractivity contribution in [1.29, 1.82) is 0 Å². The second kappa shape index (κ2) is 2.24. The quantitative estimate of drug-likeness (QED) is 0.584. The second-order valence-corrected chi connectivity index (χ2v) is 3.03. The van der Waals surface area contributed by atoms with Gasteiger partial charge in [0.05, 0.1) is 0 Å². The zero-order valence-corrected chi connectivity index (χ0v) is 6.25. The molecular weight excluding hydrogens is 138 g/mol. The van der Waals surface area contributed by atoms with Crippen LogP contribution in [-0.2, 0) is 6.42 Å². The normalized spacial score (nSPS) is 21.7. The molecule has 1 atom stereocenters. The Labute approximate surface area is 65.7 Å². The van der Waals surface area contributed by atoms with Crippen LogP contribution in [0.15, 0.2) is 18.2 Å². The molecule has 11 heavy (non-hydrogen) atoms. The number of phenols is 1. The van der Waals surface area contributed by atoms with Crippen molar-refractivity contribution in [1.82, 2.24) is 0 Å². The lowest BCUT2D eigenvalue weighted by atomic mass is 10.1. The summed E-state index contributed by atoms with van der Waals surface area (Å²) < 4.78 is 0. The van der Waals surface area contributed by atoms with E-state index in [4.69, 9.17) is 10.8 Å². The first kappa shape index (κ1) is 6.68. The summed E-state index contributed by atoms with van der Waals surface area (Å²) in [5.74, 6) is 0.320. The van der Waals surface area contributed by atoms with E-state index in [1.165, 1.54) is 5.56 Å². The van der Waals surface area contributed by atoms with Crippen LogP contribution in [0.1, 0.15) is 23.6 Å². The zero-order valence-electron chi connectivity index (χ0n) is 6.25. The number of benzene rings is 1. The third-order valence-corrected chi connectivity index (χ3v) is 2.25. The fraction of sp³-hybridized carbons (Fsp3) is 0.333. The van der Waals surface area contributed by atoms with Gasteiger partial charge < -0.3 is 10.8 Å². The van der Waals surface area contributed by atoms with Crippen molar-refractivity contribution < 1.29 is 5.11 Å². The van der Waals surface area contributed by atoms with Crippen LogP contribution in [0.25, 0.3) is 0 Å². The van der Waals surface area contributed by atoms with Crippen molar-refractivity contribution in [2.45, 2.75) is 18.9 Å². The summed E-state index contributed by atoms with van der Waals surface area (Å²) >= 11 is 0. The molecule has 58 valence electrons. The summed E-state index contributed by atoms with van der Waals surface area (Å²) in [5.41, 5.74) is 8.21. The molecule has 1 aromatic carbocycles. The average Bonchev–Trinajstić information content (AvgIpc) is 2.33. The average molecular weight is 149 g/mol. The fourth-order valence-corrected chi connectivity index (χ4v) is 1.62. The van der Waals surface area contributed by atoms with Crippen LogP contribution < -0.4 is 5.73 Å². The Hall–Kier alpha value is -1.02. The molecule has 1 aliphatic carbocycles. The highest BCUT2D eigenvalue weighted by Gasteiger charge is 2.18. The van der Waals surface area contributed by atoms with Crippen molar-refractivity contribution in [3.8, 4) is 5.75 Å². The first-order valence-electron chi connectivity index (χ1n) is 3.85. The Balaban J connectivity index is 2.52. The van der Waals surface area contributed by atoms with E-state index < -0.39 is 0 Å². The van der Waals surface area contributed by atoms with Gasteiger partial charge in [0.25, 0.3) is 0 Å². The van der Waals surface area contributed by atoms with Gasteiger partial charge in [-0.25, -0.2) is 0 Å². The molecule has 0 fully saturated rings. The molecule has 2 heteroatoms. The van der Waals surface area contributed by atoms with Crippen LogP contribution in [0.5, 0.6) is 5.75 Å². The first-order chi connectivity index (χ1) is 5.27. The topological polar surface area (TPSA) is 46.2 Å². The molecule has 0 radical (unpaired) electrons. The molecule has 0 saturated carbocycles. The van der Waals surface area contributed by atoms with E-state index in [0.29, 0.717) is 5.75 Å². The number of nitrogens with two attached hydrogens (primary N) is 1. The van der Waals surface area contributed by atoms with Gasteiger partial charge in [-0.2, -0.15) is 0 Å². The maximum absolute atomic E-state index is 9.16. The van der Waals surface area contributed by atoms with Crippen molar-refractivity contribution in [3.05, 3.63) is 29.3 Å². The number of rotatable bonds is 0. The van der Waals surface area contributed by atoms with Gasteiger partial charge in [0.2, 0.25) is 0 Å². The van der Waals surface area contributed by atoms with E-state index in [1.54, 1.807) is 12.1 Å². The largest absolute Gasteiger partial charge is 0.508 e. The standard InChI is InChI=1S/C9H11NO/c10-9-4-2-6-1-3-7(11)5-8(6)9/h1,3,5,9,11H,2,4,10H2/t9-/m0/s1. The Morgan fingerprint density at radius 1 is 1.45 bits per heavy atom. The number of fused-ring (bicyclic) bond motifs is 1. The Bertz CT molecular complexity index is 283. The molecular formula is C9H11NO. The third-order valence-electron chi connectivity index (χ3n) is 2.25. The molecule has 0 amide bonds. The van der Waals surface area contributed by atoms with Gasteiger partial charge in [-0.15, -0.1) is 0 Å². The lowest BCUT2D eigenvalue weighted by Crippen LogP contribution is -2.04. The summed E-state index contributed by atoms with van der Waals surface area (Å²) in [4.78, 5) is 0. The van der Waals surface area contributed by atoms with Crippen LogP contribution in [0, 0.1) is 0 Å². The predicted molar refractivity (Wildman–Crippen MR) is 43.4 cm³/mol. The summed E-state index contributed by atoms with van der Waals surface area (Å²) in [6.07, 6.45) is 2.07. The summed E-state index contributed by atoms with van der Waals surface area (Å²) in [6.45, 7) is 0. The highest BCUT2D eigenvalue weighted by Crippen LogP contribution is 2.31. The van der Waals surface area contributed by atoms with Gasteiger partial charge in [-0.1, -0.05) is 6.07 Å². The van der Waals surface area contributed by atoms with Crippen LogP contribution in [0.3, 0.4) is 0 Å². The molecule has 2 rings (SSSR count). The number of aromatic hydroxyl groups is 1. The molecule has 0 spiro atoms. The zero-order chi connectivity index (χ0) is 7.84. The minimum Gasteiger partial charge on any atom is -0.508 e. The number of hydrogen-bond donors (Lipinski definition) is 2. The summed E-state index contributed by atoms with van der Waals surface area (Å²) in [6, 6.07) is 5.58. The maximum Gasteiger partial charge on any atom is 0.115 e. The Morgan fingerprint density at radius 2 is 2.27 bits per heavy atom. The molecule has 1 aromatic rings. The van der Waals surface area contributed by atoms with Crippen LogP contribution in [0.4, 0.5) is 0 Å². The molecule has 2 nitrogen and oxygen atoms in total. The monoisotopic (exact) mass is 149 g/mol. The molecule has 0 bridgehead atoms. The molecule has 0 aliphatic heterocycles. The van der Waals surface area contributed by atoms with E-state index in [-0.39, 0.29) is 6.04 Å². The maximum atomic E-state index is 9.16. The van der Waals surface area contributed by atoms with Crippen LogP contribution in [0.2, 0.25) is 0 Å². The first-order valence-corrected chi connectivity index (χ1v) is 3.85. The molecule has 1 aliphatic rings. The van der Waals surface area contributed by atoms with Crippen LogP contribution >= 0.6 is 0 Å². The fourth-order valence-electron chi connectivity index (χ4n) is 1.62. The minimum absolute atomic E-state index is 0.136. The summed E-state index contributed by atoms with van der Waals surface area (Å²) in [7, 11) is 0. The highest BCUT2D eigenvalue weighted by molar-refractivity contribution is 5.39. The Kier molecular flexibility index (Phi) is 1.36. The van der Waals surface area contributed by atoms with E-state index in [9.17, 15) is 0 Å². The second-order valence-electron chi connectivity index (χ2n) is 3.03. The highest BCUT2D eigenvalue weighted by atomic mass is 16.3. The van der Waals surface area contributed by atoms with Gasteiger partial charge in [-0.3, -0.25) is 0 Å². The third kappa shape index (κ3) is 0.994. The molecule has 0 heterocycles. The lowest BCUT2D eigenvalue weighted by Gasteiger charge is -2.03. The van der Waals surface area contributed by atoms with Gasteiger partial charge in [0.15, 0.2) is 0 Å². The van der Waals surface area contributed by atoms with Crippen molar-refractivity contribution in [2.24, 2.45) is 5.73 Å². The van der Waals surface area contributed by atoms with Crippen LogP contribution in [-0.4, -0.2) is 5.11 Å². The van der Waals surface area contributed by atoms with E-state index >= 15 is 0 Å². The van der Waals surface area contributed by atoms with Crippen molar-refractivity contribution in [2.75, 3.05) is 0 Å². The number of hydrogen-bond acceptors (Lipinski definition) is 2. The smallest absolute Gasteiger partial charge is 0.115 e. The van der Waals surface area contributed by atoms with Gasteiger partial charge in [-0.05, 0) is 36.1 Å². The number of phenolic OH excluding ortho intramolecular Hbond substituents is 1. The SMILES string of the molecule is N[C@H]1CCc2ccc(O)cc21. The van der Waals surface area contributed by atoms with Gasteiger partial charge in [0, 0.05) is 6.04 Å². The van der Waals surface area contributed by atoms with E-state index in [2.05, 4.69) is 0 Å². The van der Waals surface area contributed by atoms with E-state index in [1.807, 2.05) is 6.07 Å².